The molecule has 0 amide bonds. The van der Waals surface area contributed by atoms with E-state index in [2.05, 4.69) is 23.8 Å². The molecule has 0 unspecified atom stereocenters. The average Bonchev–Trinajstić information content (AvgIpc) is 2.42. The maximum Gasteiger partial charge on any atom is 0.0620 e. The number of hydrogen-bond acceptors (Lipinski definition) is 2. The molecule has 1 aliphatic heterocycles. The van der Waals surface area contributed by atoms with E-state index in [1.807, 2.05) is 52.0 Å². The van der Waals surface area contributed by atoms with Gasteiger partial charge in [0.15, 0.2) is 0 Å². The average molecular weight is 244 g/mol. The fourth-order valence-corrected chi connectivity index (χ4v) is 1.48. The highest BCUT2D eigenvalue weighted by Crippen LogP contribution is 2.16. The lowest BCUT2D eigenvalue weighted by atomic mass is 10.1. The molecule has 0 aliphatic carbocycles. The van der Waals surface area contributed by atoms with E-state index >= 15 is 0 Å². The summed E-state index contributed by atoms with van der Waals surface area (Å²) in [5, 5.41) is 6.62. The number of nitrogens with one attached hydrogen (secondary N) is 2. The lowest BCUT2D eigenvalue weighted by molar-refractivity contribution is 0.866. The van der Waals surface area contributed by atoms with Crippen molar-refractivity contribution >= 4 is 0 Å². The number of hydrogen-bond donors (Lipinski definition) is 2. The highest BCUT2D eigenvalue weighted by molar-refractivity contribution is 5.45. The van der Waals surface area contributed by atoms with Gasteiger partial charge in [0.2, 0.25) is 0 Å². The minimum Gasteiger partial charge on any atom is -0.352 e. The van der Waals surface area contributed by atoms with E-state index in [1.165, 1.54) is 0 Å². The summed E-state index contributed by atoms with van der Waals surface area (Å²) in [6.07, 6.45) is 11.6. The van der Waals surface area contributed by atoms with Crippen molar-refractivity contribution in [1.29, 1.82) is 0 Å². The monoisotopic (exact) mass is 244 g/mol. The van der Waals surface area contributed by atoms with E-state index in [-0.39, 0.29) is 0 Å². The second-order valence-electron chi connectivity index (χ2n) is 3.31. The molecule has 0 atom stereocenters. The predicted molar refractivity (Wildman–Crippen MR) is 81.7 cm³/mol. The standard InChI is InChI=1S/C14H18N2.C2H6/c1-5-9-13-14(10-6-2)16-12(8-4)11(7-3)15-13;1-2/h5-10,15-16H,3-4H2,1-2H3;1-2H3/b9-5-,10-6-;. The van der Waals surface area contributed by atoms with Crippen molar-refractivity contribution in [3.63, 3.8) is 0 Å². The summed E-state index contributed by atoms with van der Waals surface area (Å²) in [6, 6.07) is 0. The van der Waals surface area contributed by atoms with Crippen LogP contribution in [0, 0.1) is 0 Å². The Kier molecular flexibility index (Phi) is 8.12. The molecule has 0 bridgehead atoms. The normalized spacial score (nSPS) is 15.1. The van der Waals surface area contributed by atoms with Gasteiger partial charge in [0, 0.05) is 0 Å². The first-order valence-corrected chi connectivity index (χ1v) is 6.29. The van der Waals surface area contributed by atoms with Crippen LogP contribution in [0.1, 0.15) is 27.7 Å². The van der Waals surface area contributed by atoms with Crippen LogP contribution in [0.3, 0.4) is 0 Å². The summed E-state index contributed by atoms with van der Waals surface area (Å²) in [4.78, 5) is 0. The summed E-state index contributed by atoms with van der Waals surface area (Å²) in [5.41, 5.74) is 3.94. The van der Waals surface area contributed by atoms with Gasteiger partial charge in [-0.3, -0.25) is 0 Å². The Hall–Kier alpha value is -1.96. The van der Waals surface area contributed by atoms with Crippen LogP contribution in [0.5, 0.6) is 0 Å². The largest absolute Gasteiger partial charge is 0.352 e. The summed E-state index contributed by atoms with van der Waals surface area (Å²) >= 11 is 0. The van der Waals surface area contributed by atoms with Gasteiger partial charge in [0.25, 0.3) is 0 Å². The van der Waals surface area contributed by atoms with Crippen LogP contribution < -0.4 is 10.6 Å². The minimum absolute atomic E-state index is 0.941. The van der Waals surface area contributed by atoms with Crippen LogP contribution >= 0.6 is 0 Å². The first-order valence-electron chi connectivity index (χ1n) is 6.29. The third-order valence-electron chi connectivity index (χ3n) is 2.19. The van der Waals surface area contributed by atoms with E-state index < -0.39 is 0 Å². The van der Waals surface area contributed by atoms with Crippen LogP contribution in [0.25, 0.3) is 0 Å². The van der Waals surface area contributed by atoms with Gasteiger partial charge in [-0.15, -0.1) is 0 Å². The molecule has 0 fully saturated rings. The molecule has 0 radical (unpaired) electrons. The van der Waals surface area contributed by atoms with Gasteiger partial charge in [-0.05, 0) is 38.2 Å². The van der Waals surface area contributed by atoms with E-state index in [0.29, 0.717) is 0 Å². The quantitative estimate of drug-likeness (QED) is 0.776. The van der Waals surface area contributed by atoms with Crippen LogP contribution in [0.15, 0.2) is 72.4 Å². The molecular formula is C16H24N2. The highest BCUT2D eigenvalue weighted by Gasteiger charge is 2.12. The van der Waals surface area contributed by atoms with Gasteiger partial charge < -0.3 is 10.6 Å². The molecule has 0 aromatic heterocycles. The van der Waals surface area contributed by atoms with Gasteiger partial charge in [0.05, 0.1) is 22.8 Å². The van der Waals surface area contributed by atoms with Crippen LogP contribution in [0.2, 0.25) is 0 Å². The van der Waals surface area contributed by atoms with E-state index in [0.717, 1.165) is 22.8 Å². The number of rotatable bonds is 4. The Morgan fingerprint density at radius 1 is 0.722 bits per heavy atom. The molecule has 2 heteroatoms. The van der Waals surface area contributed by atoms with Crippen molar-refractivity contribution in [2.75, 3.05) is 0 Å². The van der Waals surface area contributed by atoms with Gasteiger partial charge in [-0.25, -0.2) is 0 Å². The summed E-state index contributed by atoms with van der Waals surface area (Å²) in [6.45, 7) is 15.5. The fraction of sp³-hybridized carbons (Fsp3) is 0.250. The molecule has 98 valence electrons. The second kappa shape index (κ2) is 9.11. The van der Waals surface area contributed by atoms with E-state index in [4.69, 9.17) is 0 Å². The zero-order valence-electron chi connectivity index (χ0n) is 11.9. The second-order valence-corrected chi connectivity index (χ2v) is 3.31. The molecule has 1 aliphatic rings. The Labute approximate surface area is 111 Å². The Morgan fingerprint density at radius 3 is 1.28 bits per heavy atom. The summed E-state index contributed by atoms with van der Waals surface area (Å²) in [7, 11) is 0. The zero-order valence-corrected chi connectivity index (χ0v) is 11.9. The van der Waals surface area contributed by atoms with Gasteiger partial charge in [0.1, 0.15) is 0 Å². The first kappa shape index (κ1) is 16.0. The molecule has 0 aromatic rings. The number of allylic oxidation sites excluding steroid dienone is 6. The molecule has 1 rings (SSSR count). The third kappa shape index (κ3) is 4.13. The smallest absolute Gasteiger partial charge is 0.0620 e. The van der Waals surface area contributed by atoms with Crippen LogP contribution in [-0.4, -0.2) is 0 Å². The minimum atomic E-state index is 0.941. The van der Waals surface area contributed by atoms with Crippen molar-refractivity contribution in [2.24, 2.45) is 0 Å². The molecule has 0 spiro atoms. The van der Waals surface area contributed by atoms with Crippen molar-refractivity contribution in [3.8, 4) is 0 Å². The van der Waals surface area contributed by atoms with E-state index in [9.17, 15) is 0 Å². The topological polar surface area (TPSA) is 24.1 Å². The molecule has 2 N–H and O–H groups in total. The van der Waals surface area contributed by atoms with Gasteiger partial charge >= 0.3 is 0 Å². The molecule has 1 heterocycles. The lowest BCUT2D eigenvalue weighted by Crippen LogP contribution is -2.28. The zero-order chi connectivity index (χ0) is 14.0. The van der Waals surface area contributed by atoms with Crippen molar-refractivity contribution in [2.45, 2.75) is 27.7 Å². The third-order valence-corrected chi connectivity index (χ3v) is 2.19. The summed E-state index contributed by atoms with van der Waals surface area (Å²) in [5.74, 6) is 0. The lowest BCUT2D eigenvalue weighted by Gasteiger charge is -2.23. The molecular weight excluding hydrogens is 220 g/mol. The Morgan fingerprint density at radius 2 is 1.06 bits per heavy atom. The Balaban J connectivity index is 0.00000137. The van der Waals surface area contributed by atoms with Crippen molar-refractivity contribution in [3.05, 3.63) is 72.4 Å². The fourth-order valence-electron chi connectivity index (χ4n) is 1.48. The van der Waals surface area contributed by atoms with Gasteiger partial charge in [-0.2, -0.15) is 0 Å². The van der Waals surface area contributed by atoms with Crippen LogP contribution in [-0.2, 0) is 0 Å². The maximum atomic E-state index is 3.78. The Bertz CT molecular complexity index is 369. The van der Waals surface area contributed by atoms with E-state index in [1.54, 1.807) is 12.2 Å². The molecule has 18 heavy (non-hydrogen) atoms. The molecule has 2 nitrogen and oxygen atoms in total. The molecule has 0 aromatic carbocycles. The van der Waals surface area contributed by atoms with Crippen molar-refractivity contribution in [1.82, 2.24) is 10.6 Å². The van der Waals surface area contributed by atoms with Crippen molar-refractivity contribution < 1.29 is 0 Å². The summed E-state index contributed by atoms with van der Waals surface area (Å²) < 4.78 is 0. The predicted octanol–water partition coefficient (Wildman–Crippen LogP) is 4.15. The SMILES string of the molecule is C=CC1=C(C=C)NC(/C=C\C)=C(/C=C\C)N1.CC. The van der Waals surface area contributed by atoms with Gasteiger partial charge in [-0.1, -0.05) is 39.2 Å². The maximum absolute atomic E-state index is 3.78. The van der Waals surface area contributed by atoms with Crippen LogP contribution in [0.4, 0.5) is 0 Å². The molecule has 0 saturated heterocycles. The molecule has 0 saturated carbocycles. The first-order chi connectivity index (χ1) is 8.76. The highest BCUT2D eigenvalue weighted by atomic mass is 15.0.